The highest BCUT2D eigenvalue weighted by molar-refractivity contribution is 5.96. The van der Waals surface area contributed by atoms with Crippen LogP contribution in [0, 0.1) is 0 Å². The van der Waals surface area contributed by atoms with E-state index in [2.05, 4.69) is 10.4 Å². The highest BCUT2D eigenvalue weighted by atomic mass is 16.3. The molecule has 1 aromatic heterocycles. The van der Waals surface area contributed by atoms with Crippen LogP contribution >= 0.6 is 0 Å². The molecule has 0 saturated heterocycles. The van der Waals surface area contributed by atoms with Gasteiger partial charge in [0.05, 0.1) is 12.3 Å². The summed E-state index contributed by atoms with van der Waals surface area (Å²) in [5, 5.41) is 15.0. The number of aliphatic hydroxyl groups excluding tert-OH is 1. The van der Waals surface area contributed by atoms with E-state index in [4.69, 9.17) is 10.8 Å². The number of hydrogen-bond acceptors (Lipinski definition) is 4. The zero-order valence-electron chi connectivity index (χ0n) is 8.03. The van der Waals surface area contributed by atoms with E-state index in [-0.39, 0.29) is 24.8 Å². The molecule has 0 bridgehead atoms. The Kier molecular flexibility index (Phi) is 3.47. The van der Waals surface area contributed by atoms with Gasteiger partial charge in [-0.3, -0.25) is 9.48 Å². The van der Waals surface area contributed by atoms with Crippen LogP contribution in [0.1, 0.15) is 17.4 Å². The van der Waals surface area contributed by atoms with Gasteiger partial charge in [0, 0.05) is 19.3 Å². The van der Waals surface area contributed by atoms with Crippen LogP contribution in [0.15, 0.2) is 6.20 Å². The summed E-state index contributed by atoms with van der Waals surface area (Å²) in [6.07, 6.45) is 1.61. The van der Waals surface area contributed by atoms with Gasteiger partial charge in [0.15, 0.2) is 5.69 Å². The van der Waals surface area contributed by atoms with Crippen LogP contribution < -0.4 is 11.1 Å². The highest BCUT2D eigenvalue weighted by Crippen LogP contribution is 2.08. The Morgan fingerprint density at radius 3 is 3.00 bits per heavy atom. The van der Waals surface area contributed by atoms with E-state index in [0.717, 1.165) is 0 Å². The molecule has 6 nitrogen and oxygen atoms in total. The Balaban J connectivity index is 2.73. The Bertz CT molecular complexity index is 321. The SMILES string of the molecule is CCn1cc(N)c(C(=O)NCCO)n1. The Morgan fingerprint density at radius 2 is 2.50 bits per heavy atom. The fraction of sp³-hybridized carbons (Fsp3) is 0.500. The molecule has 0 saturated carbocycles. The molecule has 0 aromatic carbocycles. The number of aryl methyl sites for hydroxylation is 1. The molecule has 1 heterocycles. The third-order valence-electron chi connectivity index (χ3n) is 1.73. The lowest BCUT2D eigenvalue weighted by molar-refractivity contribution is 0.0940. The van der Waals surface area contributed by atoms with Gasteiger partial charge in [-0.15, -0.1) is 0 Å². The second kappa shape index (κ2) is 4.61. The first kappa shape index (κ1) is 10.5. The third-order valence-corrected chi connectivity index (χ3v) is 1.73. The van der Waals surface area contributed by atoms with Crippen molar-refractivity contribution in [3.8, 4) is 0 Å². The standard InChI is InChI=1S/C8H14N4O2/c1-2-12-5-6(9)7(11-12)8(14)10-3-4-13/h5,13H,2-4,9H2,1H3,(H,10,14). The second-order valence-electron chi connectivity index (χ2n) is 2.77. The van der Waals surface area contributed by atoms with E-state index in [1.54, 1.807) is 10.9 Å². The van der Waals surface area contributed by atoms with Gasteiger partial charge in [-0.05, 0) is 6.92 Å². The van der Waals surface area contributed by atoms with Crippen LogP contribution in [0.5, 0.6) is 0 Å². The fourth-order valence-electron chi connectivity index (χ4n) is 1.03. The molecule has 1 rings (SSSR count). The zero-order valence-corrected chi connectivity index (χ0v) is 8.03. The maximum absolute atomic E-state index is 11.4. The van der Waals surface area contributed by atoms with Gasteiger partial charge in [0.25, 0.3) is 5.91 Å². The van der Waals surface area contributed by atoms with Crippen molar-refractivity contribution in [2.24, 2.45) is 0 Å². The van der Waals surface area contributed by atoms with Crippen molar-refractivity contribution in [3.05, 3.63) is 11.9 Å². The normalized spacial score (nSPS) is 10.1. The Morgan fingerprint density at radius 1 is 1.79 bits per heavy atom. The van der Waals surface area contributed by atoms with Crippen LogP contribution in [-0.4, -0.2) is 33.9 Å². The van der Waals surface area contributed by atoms with Crippen LogP contribution in [0.25, 0.3) is 0 Å². The fourth-order valence-corrected chi connectivity index (χ4v) is 1.03. The number of hydrogen-bond donors (Lipinski definition) is 3. The monoisotopic (exact) mass is 198 g/mol. The zero-order chi connectivity index (χ0) is 10.6. The maximum Gasteiger partial charge on any atom is 0.274 e. The summed E-state index contributed by atoms with van der Waals surface area (Å²) < 4.78 is 1.59. The van der Waals surface area contributed by atoms with E-state index in [0.29, 0.717) is 12.2 Å². The van der Waals surface area contributed by atoms with Gasteiger partial charge < -0.3 is 16.2 Å². The predicted octanol–water partition coefficient (Wildman–Crippen LogP) is -0.793. The molecular formula is C8H14N4O2. The molecule has 0 aliphatic heterocycles. The number of amides is 1. The van der Waals surface area contributed by atoms with E-state index >= 15 is 0 Å². The second-order valence-corrected chi connectivity index (χ2v) is 2.77. The topological polar surface area (TPSA) is 93.2 Å². The minimum absolute atomic E-state index is 0.0971. The first-order valence-corrected chi connectivity index (χ1v) is 4.41. The van der Waals surface area contributed by atoms with Crippen molar-refractivity contribution in [2.45, 2.75) is 13.5 Å². The lowest BCUT2D eigenvalue weighted by Crippen LogP contribution is -2.27. The summed E-state index contributed by atoms with van der Waals surface area (Å²) in [4.78, 5) is 11.4. The number of carbonyl (C=O) groups excluding carboxylic acids is 1. The van der Waals surface area contributed by atoms with E-state index in [1.165, 1.54) is 0 Å². The molecule has 6 heteroatoms. The average Bonchev–Trinajstić information content (AvgIpc) is 2.56. The van der Waals surface area contributed by atoms with Gasteiger partial charge in [-0.1, -0.05) is 0 Å². The quantitative estimate of drug-likeness (QED) is 0.591. The van der Waals surface area contributed by atoms with Gasteiger partial charge in [-0.2, -0.15) is 5.10 Å². The van der Waals surface area contributed by atoms with Crippen molar-refractivity contribution in [1.82, 2.24) is 15.1 Å². The third kappa shape index (κ3) is 2.23. The maximum atomic E-state index is 11.4. The molecule has 0 spiro atoms. The summed E-state index contributed by atoms with van der Waals surface area (Å²) in [5.74, 6) is -0.358. The molecule has 14 heavy (non-hydrogen) atoms. The van der Waals surface area contributed by atoms with Crippen molar-refractivity contribution in [1.29, 1.82) is 0 Å². The predicted molar refractivity (Wildman–Crippen MR) is 51.7 cm³/mol. The molecule has 0 radical (unpaired) electrons. The molecule has 0 fully saturated rings. The molecule has 0 aliphatic carbocycles. The lowest BCUT2D eigenvalue weighted by atomic mass is 10.3. The number of carbonyl (C=O) groups is 1. The van der Waals surface area contributed by atoms with Gasteiger partial charge in [0.2, 0.25) is 0 Å². The minimum Gasteiger partial charge on any atom is -0.396 e. The van der Waals surface area contributed by atoms with Crippen molar-refractivity contribution < 1.29 is 9.90 Å². The molecule has 0 aliphatic rings. The van der Waals surface area contributed by atoms with Crippen LogP contribution in [0.4, 0.5) is 5.69 Å². The van der Waals surface area contributed by atoms with Crippen molar-refractivity contribution in [3.63, 3.8) is 0 Å². The van der Waals surface area contributed by atoms with Gasteiger partial charge in [0.1, 0.15) is 0 Å². The first-order valence-electron chi connectivity index (χ1n) is 4.41. The number of rotatable bonds is 4. The number of nitrogens with zero attached hydrogens (tertiary/aromatic N) is 2. The average molecular weight is 198 g/mol. The van der Waals surface area contributed by atoms with Crippen LogP contribution in [0.2, 0.25) is 0 Å². The summed E-state index contributed by atoms with van der Waals surface area (Å²) in [7, 11) is 0. The van der Waals surface area contributed by atoms with Gasteiger partial charge in [-0.25, -0.2) is 0 Å². The molecule has 0 atom stereocenters. The molecular weight excluding hydrogens is 184 g/mol. The number of nitrogens with two attached hydrogens (primary N) is 1. The van der Waals surface area contributed by atoms with Crippen molar-refractivity contribution in [2.75, 3.05) is 18.9 Å². The van der Waals surface area contributed by atoms with Crippen LogP contribution in [0.3, 0.4) is 0 Å². The number of nitrogens with one attached hydrogen (secondary N) is 1. The lowest BCUT2D eigenvalue weighted by Gasteiger charge is -1.99. The summed E-state index contributed by atoms with van der Waals surface area (Å²) in [5.41, 5.74) is 6.14. The summed E-state index contributed by atoms with van der Waals surface area (Å²) in [6.45, 7) is 2.68. The Hall–Kier alpha value is -1.56. The number of aromatic nitrogens is 2. The Labute approximate surface area is 81.7 Å². The largest absolute Gasteiger partial charge is 0.396 e. The van der Waals surface area contributed by atoms with E-state index in [9.17, 15) is 4.79 Å². The smallest absolute Gasteiger partial charge is 0.274 e. The van der Waals surface area contributed by atoms with E-state index < -0.39 is 0 Å². The highest BCUT2D eigenvalue weighted by Gasteiger charge is 2.13. The van der Waals surface area contributed by atoms with Crippen LogP contribution in [-0.2, 0) is 6.54 Å². The first-order chi connectivity index (χ1) is 6.69. The molecule has 4 N–H and O–H groups in total. The van der Waals surface area contributed by atoms with Gasteiger partial charge >= 0.3 is 0 Å². The number of aliphatic hydroxyl groups is 1. The summed E-state index contributed by atoms with van der Waals surface area (Å²) >= 11 is 0. The number of anilines is 1. The number of nitrogen functional groups attached to an aromatic ring is 1. The van der Waals surface area contributed by atoms with E-state index in [1.807, 2.05) is 6.92 Å². The summed E-state index contributed by atoms with van der Waals surface area (Å²) in [6, 6.07) is 0. The molecule has 1 aromatic rings. The molecule has 78 valence electrons. The molecule has 0 unspecified atom stereocenters. The minimum atomic E-state index is -0.358. The van der Waals surface area contributed by atoms with Crippen molar-refractivity contribution >= 4 is 11.6 Å². The molecule has 1 amide bonds.